The van der Waals surface area contributed by atoms with Gasteiger partial charge >= 0.3 is 11.7 Å². The van der Waals surface area contributed by atoms with E-state index >= 15 is 0 Å². The number of ether oxygens (including phenoxy) is 2. The van der Waals surface area contributed by atoms with E-state index in [1.165, 1.54) is 17.6 Å². The van der Waals surface area contributed by atoms with E-state index in [-0.39, 0.29) is 52.9 Å². The maximum atomic E-state index is 12.2. The molecule has 4 N–H and O–H groups in total. The van der Waals surface area contributed by atoms with Gasteiger partial charge in [0, 0.05) is 44.5 Å². The second kappa shape index (κ2) is 29.3. The number of carboxylic acid groups (broad SMARTS) is 1. The van der Waals surface area contributed by atoms with Crippen molar-refractivity contribution in [2.24, 2.45) is 5.73 Å². The van der Waals surface area contributed by atoms with Crippen LogP contribution in [0.3, 0.4) is 0 Å². The van der Waals surface area contributed by atoms with Crippen LogP contribution in [-0.2, 0) is 35.5 Å². The van der Waals surface area contributed by atoms with Crippen LogP contribution in [-0.4, -0.2) is 111 Å². The monoisotopic (exact) mass is 1020 g/mol. The number of anilines is 1. The van der Waals surface area contributed by atoms with E-state index in [4.69, 9.17) is 87.6 Å². The molecule has 0 aliphatic carbocycles. The van der Waals surface area contributed by atoms with E-state index in [2.05, 4.69) is 31.2 Å². The number of carbonyl (C=O) groups is 3. The highest BCUT2D eigenvalue weighted by atomic mass is 35.5. The lowest BCUT2D eigenvalue weighted by atomic mass is 9.97. The summed E-state index contributed by atoms with van der Waals surface area (Å²) in [5.41, 5.74) is 8.28. The lowest BCUT2D eigenvalue weighted by molar-refractivity contribution is -0.138. The highest BCUT2D eigenvalue weighted by Gasteiger charge is 2.26. The SMILES string of the molecule is C=CCN(CC=C)C(=O)C(Cl)Cl.CC(C)Oc1cc(-n2nc(C(C)(C)C)oc2=O)c(Cl)cc1Cl.CCc1cccc(C)c1N(C(=O)CCl)C(C)COC.CP(=O)(O)CCC(N)C(=O)O. The van der Waals surface area contributed by atoms with Crippen molar-refractivity contribution in [2.45, 2.75) is 96.7 Å². The molecule has 1 heterocycles. The first kappa shape index (κ1) is 60.6. The van der Waals surface area contributed by atoms with E-state index in [1.54, 1.807) is 30.2 Å². The maximum absolute atomic E-state index is 12.2. The number of nitrogens with two attached hydrogens (primary N) is 1. The molecule has 3 aromatic rings. The van der Waals surface area contributed by atoms with Gasteiger partial charge in [-0.1, -0.05) is 104 Å². The van der Waals surface area contributed by atoms with Crippen molar-refractivity contribution in [3.8, 4) is 11.4 Å². The summed E-state index contributed by atoms with van der Waals surface area (Å²) in [6, 6.07) is 8.12. The molecule has 0 spiro atoms. The number of benzene rings is 2. The number of nitrogens with zero attached hydrogens (tertiary/aromatic N) is 4. The predicted molar refractivity (Wildman–Crippen MR) is 260 cm³/mol. The summed E-state index contributed by atoms with van der Waals surface area (Å²) in [6.07, 6.45) is 4.03. The Morgan fingerprint density at radius 3 is 2.08 bits per heavy atom. The number of methoxy groups -OCH3 is 1. The number of para-hydroxylation sites is 1. The number of rotatable bonds is 18. The van der Waals surface area contributed by atoms with Crippen molar-refractivity contribution >= 4 is 88.8 Å². The normalized spacial score (nSPS) is 12.8. The van der Waals surface area contributed by atoms with Crippen molar-refractivity contribution in [2.75, 3.05) is 50.4 Å². The van der Waals surface area contributed by atoms with E-state index in [0.29, 0.717) is 42.0 Å². The smallest absolute Gasteiger partial charge is 0.442 e. The number of amides is 2. The molecule has 0 aliphatic rings. The van der Waals surface area contributed by atoms with Crippen LogP contribution in [0, 0.1) is 6.92 Å². The minimum atomic E-state index is -3.10. The van der Waals surface area contributed by atoms with Crippen LogP contribution in [0.15, 0.2) is 64.9 Å². The fourth-order valence-electron chi connectivity index (χ4n) is 5.29. The van der Waals surface area contributed by atoms with E-state index in [1.807, 2.05) is 60.6 Å². The van der Waals surface area contributed by atoms with Crippen LogP contribution in [0.2, 0.25) is 10.0 Å². The standard InChI is InChI=1S/C15H18Cl2N2O3.C15H22ClNO2.C8H11Cl2NO.C5H12NO4P/c1-8(2)21-12-7-11(9(16)6-10(12)17)19-14(20)22-13(18-19)15(3,4)5;1-5-13-8-6-7-11(2)15(13)17(14(18)9-16)12(3)10-19-4;1-3-5-11(6-4-2)8(12)7(9)10;1-11(9,10)3-2-4(6)5(7)8/h6-8H,1-5H3;6-8,12H,5,9-10H2,1-4H3;3-4,7H,1-2,5-6H2;4H,2-3,6H2,1H3,(H,7,8)(H,9,10). The van der Waals surface area contributed by atoms with E-state index < -0.39 is 30.0 Å². The van der Waals surface area contributed by atoms with Gasteiger partial charge in [-0.25, -0.2) is 4.79 Å². The molecule has 2 aromatic carbocycles. The van der Waals surface area contributed by atoms with Gasteiger partial charge in [0.1, 0.15) is 17.7 Å². The highest BCUT2D eigenvalue weighted by Crippen LogP contribution is 2.36. The number of aromatic nitrogens is 2. The van der Waals surface area contributed by atoms with Crippen molar-refractivity contribution in [3.63, 3.8) is 0 Å². The summed E-state index contributed by atoms with van der Waals surface area (Å²) in [7, 11) is -1.47. The van der Waals surface area contributed by atoms with Gasteiger partial charge in [-0.15, -0.1) is 29.9 Å². The molecule has 64 heavy (non-hydrogen) atoms. The Kier molecular flexibility index (Phi) is 27.8. The predicted octanol–water partition coefficient (Wildman–Crippen LogP) is 9.06. The molecule has 0 fully saturated rings. The van der Waals surface area contributed by atoms with Crippen molar-refractivity contribution in [1.29, 1.82) is 0 Å². The Hall–Kier alpha value is -3.37. The molecule has 0 saturated heterocycles. The van der Waals surface area contributed by atoms with Gasteiger partial charge in [0.15, 0.2) is 12.2 Å². The third kappa shape index (κ3) is 21.3. The Morgan fingerprint density at radius 1 is 1.08 bits per heavy atom. The summed E-state index contributed by atoms with van der Waals surface area (Å²) < 4.78 is 27.8. The average molecular weight is 1020 g/mol. The fraction of sp³-hybridized carbons (Fsp3) is 0.512. The molecular formula is C43H63Cl5N5O10P. The van der Waals surface area contributed by atoms with Crippen LogP contribution < -0.4 is 21.1 Å². The molecule has 360 valence electrons. The molecule has 21 heteroatoms. The van der Waals surface area contributed by atoms with Gasteiger partial charge in [-0.2, -0.15) is 4.68 Å². The summed E-state index contributed by atoms with van der Waals surface area (Å²) in [4.78, 5) is 56.5. The third-order valence-electron chi connectivity index (χ3n) is 8.33. The topological polar surface area (TPSA) is 208 Å². The summed E-state index contributed by atoms with van der Waals surface area (Å²) in [5, 5.41) is 13.2. The van der Waals surface area contributed by atoms with Gasteiger partial charge in [-0.05, 0) is 57.7 Å². The van der Waals surface area contributed by atoms with Crippen LogP contribution >= 0.6 is 65.4 Å². The van der Waals surface area contributed by atoms with Crippen molar-refractivity contribution in [3.05, 3.63) is 93.3 Å². The molecule has 3 atom stereocenters. The Labute approximate surface area is 401 Å². The maximum Gasteiger partial charge on any atom is 0.442 e. The fourth-order valence-corrected chi connectivity index (χ4v) is 6.96. The number of carboxylic acids is 1. The van der Waals surface area contributed by atoms with E-state index in [0.717, 1.165) is 27.9 Å². The Bertz CT molecular complexity index is 2070. The van der Waals surface area contributed by atoms with Gasteiger partial charge < -0.3 is 39.4 Å². The minimum Gasteiger partial charge on any atom is -0.489 e. The molecule has 15 nitrogen and oxygen atoms in total. The Balaban J connectivity index is 0.000000863. The second-order valence-electron chi connectivity index (χ2n) is 15.5. The quantitative estimate of drug-likeness (QED) is 0.0620. The van der Waals surface area contributed by atoms with Gasteiger partial charge in [0.25, 0.3) is 5.91 Å². The van der Waals surface area contributed by atoms with Crippen molar-refractivity contribution < 1.29 is 42.8 Å². The lowest BCUT2D eigenvalue weighted by Crippen LogP contribution is -2.43. The number of halogens is 5. The number of carbonyl (C=O) groups excluding carboxylic acids is 2. The highest BCUT2D eigenvalue weighted by molar-refractivity contribution is 7.57. The Morgan fingerprint density at radius 2 is 1.66 bits per heavy atom. The first-order valence-electron chi connectivity index (χ1n) is 19.9. The second-order valence-corrected chi connectivity index (χ2v) is 20.2. The van der Waals surface area contributed by atoms with Crippen LogP contribution in [0.5, 0.6) is 5.75 Å². The molecule has 0 bridgehead atoms. The molecule has 1 aromatic heterocycles. The third-order valence-corrected chi connectivity index (χ3v) is 10.6. The number of aliphatic carboxylic acids is 1. The summed E-state index contributed by atoms with van der Waals surface area (Å²) in [6.45, 7) is 25.1. The lowest BCUT2D eigenvalue weighted by Gasteiger charge is -2.31. The van der Waals surface area contributed by atoms with Crippen LogP contribution in [0.25, 0.3) is 5.69 Å². The largest absolute Gasteiger partial charge is 0.489 e. The average Bonchev–Trinajstić information content (AvgIpc) is 3.60. The van der Waals surface area contributed by atoms with Gasteiger partial charge in [-0.3, -0.25) is 18.9 Å². The molecule has 3 unspecified atom stereocenters. The van der Waals surface area contributed by atoms with Crippen LogP contribution in [0.1, 0.15) is 71.9 Å². The van der Waals surface area contributed by atoms with Gasteiger partial charge in [0.05, 0.1) is 40.2 Å². The summed E-state index contributed by atoms with van der Waals surface area (Å²) >= 11 is 28.9. The minimum absolute atomic E-state index is 0.0223. The molecule has 2 amide bonds. The van der Waals surface area contributed by atoms with Gasteiger partial charge in [0.2, 0.25) is 11.8 Å². The molecule has 0 aliphatic heterocycles. The zero-order valence-electron chi connectivity index (χ0n) is 38.1. The molecule has 0 saturated carbocycles. The zero-order chi connectivity index (χ0) is 49.7. The molecule has 3 rings (SSSR count). The first-order chi connectivity index (χ1) is 29.6. The zero-order valence-corrected chi connectivity index (χ0v) is 42.8. The number of hydrogen-bond acceptors (Lipinski definition) is 10. The molecule has 0 radical (unpaired) electrons. The number of aryl methyl sites for hydroxylation is 2. The first-order valence-corrected chi connectivity index (χ1v) is 24.4. The number of hydrogen-bond donors (Lipinski definition) is 3. The summed E-state index contributed by atoms with van der Waals surface area (Å²) in [5.74, 6) is -1.42. The van der Waals surface area contributed by atoms with E-state index in [9.17, 15) is 23.7 Å². The van der Waals surface area contributed by atoms with Crippen molar-refractivity contribution in [1.82, 2.24) is 14.7 Å². The number of alkyl halides is 3. The molecular weight excluding hydrogens is 955 g/mol. The van der Waals surface area contributed by atoms with Crippen LogP contribution in [0.4, 0.5) is 5.69 Å².